The number of Topliss-reactive ketones (excluding diaryl/α,β-unsaturated/α-hetero) is 1. The summed E-state index contributed by atoms with van der Waals surface area (Å²) >= 11 is 0. The van der Waals surface area contributed by atoms with Gasteiger partial charge in [0.1, 0.15) is 5.78 Å². The highest BCUT2D eigenvalue weighted by atomic mass is 16.4. The number of benzene rings is 1. The van der Waals surface area contributed by atoms with E-state index in [1.165, 1.54) is 0 Å². The molecule has 0 heterocycles. The van der Waals surface area contributed by atoms with E-state index in [1.807, 2.05) is 37.3 Å². The zero-order valence-electron chi connectivity index (χ0n) is 9.93. The minimum atomic E-state index is -0.781. The molecule has 3 heteroatoms. The Morgan fingerprint density at radius 3 is 2.00 bits per heavy atom. The lowest BCUT2D eigenvalue weighted by Crippen LogP contribution is -2.06. The molecular weight excluding hydrogens is 204 g/mol. The monoisotopic (exact) mass is 222 g/mol. The van der Waals surface area contributed by atoms with Crippen molar-refractivity contribution in [3.05, 3.63) is 35.9 Å². The Labute approximate surface area is 96.1 Å². The van der Waals surface area contributed by atoms with E-state index < -0.39 is 11.9 Å². The highest BCUT2D eigenvalue weighted by molar-refractivity contribution is 5.75. The SMILES string of the molecule is CC(C(=O)O)c1ccccc1.CCC(C)=O. The molecule has 1 aromatic carbocycles. The molecule has 0 spiro atoms. The van der Waals surface area contributed by atoms with Crippen LogP contribution in [-0.2, 0) is 9.59 Å². The van der Waals surface area contributed by atoms with Crippen molar-refractivity contribution in [2.24, 2.45) is 0 Å². The normalized spacial score (nSPS) is 10.9. The van der Waals surface area contributed by atoms with Crippen LogP contribution >= 0.6 is 0 Å². The van der Waals surface area contributed by atoms with Gasteiger partial charge in [0.2, 0.25) is 0 Å². The average molecular weight is 222 g/mol. The van der Waals surface area contributed by atoms with Crippen LogP contribution in [0.1, 0.15) is 38.7 Å². The van der Waals surface area contributed by atoms with Crippen molar-refractivity contribution in [3.63, 3.8) is 0 Å². The van der Waals surface area contributed by atoms with E-state index >= 15 is 0 Å². The van der Waals surface area contributed by atoms with Crippen molar-refractivity contribution in [1.82, 2.24) is 0 Å². The van der Waals surface area contributed by atoms with Gasteiger partial charge in [0, 0.05) is 6.42 Å². The molecule has 0 radical (unpaired) electrons. The van der Waals surface area contributed by atoms with Crippen molar-refractivity contribution in [2.75, 3.05) is 0 Å². The summed E-state index contributed by atoms with van der Waals surface area (Å²) in [5, 5.41) is 8.64. The van der Waals surface area contributed by atoms with E-state index in [4.69, 9.17) is 5.11 Å². The quantitative estimate of drug-likeness (QED) is 0.855. The van der Waals surface area contributed by atoms with Gasteiger partial charge in [0.05, 0.1) is 5.92 Å². The number of rotatable bonds is 3. The number of hydrogen-bond acceptors (Lipinski definition) is 2. The van der Waals surface area contributed by atoms with Crippen molar-refractivity contribution in [1.29, 1.82) is 0 Å². The van der Waals surface area contributed by atoms with Crippen LogP contribution < -0.4 is 0 Å². The summed E-state index contributed by atoms with van der Waals surface area (Å²) in [5.74, 6) is -0.933. The van der Waals surface area contributed by atoms with Crippen LogP contribution in [0.5, 0.6) is 0 Å². The first-order valence-corrected chi connectivity index (χ1v) is 5.26. The minimum absolute atomic E-state index is 0.255. The van der Waals surface area contributed by atoms with Crippen LogP contribution in [0.3, 0.4) is 0 Å². The Morgan fingerprint density at radius 2 is 1.69 bits per heavy atom. The highest BCUT2D eigenvalue weighted by Gasteiger charge is 2.11. The summed E-state index contributed by atoms with van der Waals surface area (Å²) in [6.07, 6.45) is 0.667. The largest absolute Gasteiger partial charge is 0.481 e. The van der Waals surface area contributed by atoms with Crippen LogP contribution in [0.15, 0.2) is 30.3 Å². The van der Waals surface area contributed by atoms with Gasteiger partial charge in [-0.2, -0.15) is 0 Å². The lowest BCUT2D eigenvalue weighted by atomic mass is 10.0. The number of aliphatic carboxylic acids is 1. The summed E-state index contributed by atoms with van der Waals surface area (Å²) < 4.78 is 0. The fraction of sp³-hybridized carbons (Fsp3) is 0.385. The van der Waals surface area contributed by atoms with Gasteiger partial charge >= 0.3 is 5.97 Å². The molecule has 0 fully saturated rings. The van der Waals surface area contributed by atoms with Crippen molar-refractivity contribution >= 4 is 11.8 Å². The van der Waals surface area contributed by atoms with E-state index in [2.05, 4.69) is 0 Å². The predicted molar refractivity (Wildman–Crippen MR) is 63.5 cm³/mol. The molecule has 0 aliphatic heterocycles. The number of carbonyl (C=O) groups is 2. The van der Waals surface area contributed by atoms with Crippen LogP contribution in [0.2, 0.25) is 0 Å². The zero-order chi connectivity index (χ0) is 12.6. The van der Waals surface area contributed by atoms with Gasteiger partial charge in [-0.1, -0.05) is 37.3 Å². The molecule has 1 N–H and O–H groups in total. The fourth-order valence-corrected chi connectivity index (χ4v) is 0.884. The number of carbonyl (C=O) groups excluding carboxylic acids is 1. The summed E-state index contributed by atoms with van der Waals surface area (Å²) in [7, 11) is 0. The molecular formula is C13H18O3. The van der Waals surface area contributed by atoms with Gasteiger partial charge in [0.25, 0.3) is 0 Å². The minimum Gasteiger partial charge on any atom is -0.481 e. The molecule has 16 heavy (non-hydrogen) atoms. The third kappa shape index (κ3) is 5.96. The zero-order valence-corrected chi connectivity index (χ0v) is 9.93. The van der Waals surface area contributed by atoms with E-state index in [0.29, 0.717) is 6.42 Å². The lowest BCUT2D eigenvalue weighted by Gasteiger charge is -2.04. The third-order valence-corrected chi connectivity index (χ3v) is 2.17. The Morgan fingerprint density at radius 1 is 1.25 bits per heavy atom. The molecule has 1 atom stereocenters. The first-order chi connectivity index (χ1) is 7.49. The maximum Gasteiger partial charge on any atom is 0.310 e. The van der Waals surface area contributed by atoms with Crippen LogP contribution in [0.4, 0.5) is 0 Å². The summed E-state index contributed by atoms with van der Waals surface area (Å²) in [4.78, 5) is 20.3. The van der Waals surface area contributed by atoms with Gasteiger partial charge in [-0.25, -0.2) is 0 Å². The van der Waals surface area contributed by atoms with Crippen molar-refractivity contribution in [3.8, 4) is 0 Å². The predicted octanol–water partition coefficient (Wildman–Crippen LogP) is 2.86. The number of carboxylic acids is 1. The lowest BCUT2D eigenvalue weighted by molar-refractivity contribution is -0.138. The average Bonchev–Trinajstić information content (AvgIpc) is 2.29. The first-order valence-electron chi connectivity index (χ1n) is 5.26. The molecule has 0 aliphatic carbocycles. The molecule has 88 valence electrons. The molecule has 0 saturated heterocycles. The van der Waals surface area contributed by atoms with Gasteiger partial charge in [-0.15, -0.1) is 0 Å². The van der Waals surface area contributed by atoms with E-state index in [0.717, 1.165) is 5.56 Å². The first kappa shape index (κ1) is 14.4. The Bertz CT molecular complexity index is 330. The summed E-state index contributed by atoms with van der Waals surface area (Å²) in [5.41, 5.74) is 0.847. The molecule has 1 aromatic rings. The molecule has 0 bridgehead atoms. The van der Waals surface area contributed by atoms with Crippen LogP contribution in [-0.4, -0.2) is 16.9 Å². The number of hydrogen-bond donors (Lipinski definition) is 1. The molecule has 1 rings (SSSR count). The summed E-state index contributed by atoms with van der Waals surface area (Å²) in [6, 6.07) is 9.19. The fourth-order valence-electron chi connectivity index (χ4n) is 0.884. The second-order valence-electron chi connectivity index (χ2n) is 3.53. The maximum absolute atomic E-state index is 10.5. The smallest absolute Gasteiger partial charge is 0.310 e. The molecule has 0 aromatic heterocycles. The van der Waals surface area contributed by atoms with Gasteiger partial charge in [0.15, 0.2) is 0 Å². The van der Waals surface area contributed by atoms with Gasteiger partial charge in [-0.05, 0) is 19.4 Å². The Hall–Kier alpha value is -1.64. The third-order valence-electron chi connectivity index (χ3n) is 2.17. The second-order valence-corrected chi connectivity index (χ2v) is 3.53. The topological polar surface area (TPSA) is 54.4 Å². The molecule has 3 nitrogen and oxygen atoms in total. The van der Waals surface area contributed by atoms with E-state index in [-0.39, 0.29) is 5.78 Å². The van der Waals surface area contributed by atoms with Crippen molar-refractivity contribution < 1.29 is 14.7 Å². The molecule has 0 amide bonds. The number of carboxylic acid groups (broad SMARTS) is 1. The van der Waals surface area contributed by atoms with Crippen molar-refractivity contribution in [2.45, 2.75) is 33.1 Å². The maximum atomic E-state index is 10.5. The Balaban J connectivity index is 0.000000385. The number of ketones is 1. The Kier molecular flexibility index (Phi) is 6.84. The molecule has 0 saturated carbocycles. The van der Waals surface area contributed by atoms with E-state index in [9.17, 15) is 9.59 Å². The highest BCUT2D eigenvalue weighted by Crippen LogP contribution is 2.13. The second kappa shape index (κ2) is 7.63. The van der Waals surface area contributed by atoms with Crippen LogP contribution in [0.25, 0.3) is 0 Å². The van der Waals surface area contributed by atoms with Crippen LogP contribution in [0, 0.1) is 0 Å². The van der Waals surface area contributed by atoms with Gasteiger partial charge < -0.3 is 9.90 Å². The van der Waals surface area contributed by atoms with E-state index in [1.54, 1.807) is 13.8 Å². The molecule has 1 unspecified atom stereocenters. The molecule has 0 aliphatic rings. The summed E-state index contributed by atoms with van der Waals surface area (Å²) in [6.45, 7) is 5.11. The van der Waals surface area contributed by atoms with Gasteiger partial charge in [-0.3, -0.25) is 4.79 Å². The standard InChI is InChI=1S/C9H10O2.C4H8O/c1-7(9(10)11)8-5-3-2-4-6-8;1-3-4(2)5/h2-7H,1H3,(H,10,11);3H2,1-2H3.